The van der Waals surface area contributed by atoms with Gasteiger partial charge in [0.15, 0.2) is 5.11 Å². The fraction of sp³-hybridized carbons (Fsp3) is 0.714. The number of rotatable bonds is 7. The van der Waals surface area contributed by atoms with E-state index in [0.717, 1.165) is 18.5 Å². The normalized spacial score (nSPS) is 18.9. The number of carbonyl (C=O) groups is 1. The largest absolute Gasteiger partial charge is 0.460 e. The van der Waals surface area contributed by atoms with Crippen molar-refractivity contribution in [2.75, 3.05) is 20.3 Å². The smallest absolute Gasteiger partial charge is 0.337 e. The summed E-state index contributed by atoms with van der Waals surface area (Å²) in [7, 11) is 1.58. The molecule has 0 aromatic heterocycles. The van der Waals surface area contributed by atoms with Crippen molar-refractivity contribution in [2.45, 2.75) is 39.7 Å². The predicted molar refractivity (Wildman–Crippen MR) is 82.3 cm³/mol. The lowest BCUT2D eigenvalue weighted by Crippen LogP contribution is -2.52. The van der Waals surface area contributed by atoms with Crippen LogP contribution < -0.4 is 10.6 Å². The van der Waals surface area contributed by atoms with E-state index in [4.69, 9.17) is 21.7 Å². The zero-order chi connectivity index (χ0) is 15.1. The van der Waals surface area contributed by atoms with Crippen LogP contribution in [-0.4, -0.2) is 37.4 Å². The van der Waals surface area contributed by atoms with Crippen molar-refractivity contribution >= 4 is 23.3 Å². The number of allylic oxidation sites excluding steroid dienone is 1. The maximum atomic E-state index is 12.3. The molecule has 0 saturated heterocycles. The summed E-state index contributed by atoms with van der Waals surface area (Å²) in [5.41, 5.74) is 1.41. The lowest BCUT2D eigenvalue weighted by molar-refractivity contribution is -0.140. The molecule has 5 nitrogen and oxygen atoms in total. The molecule has 1 atom stereocenters. The summed E-state index contributed by atoms with van der Waals surface area (Å²) in [6, 6.07) is -0.0891. The molecule has 0 radical (unpaired) electrons. The molecule has 1 unspecified atom stereocenters. The fourth-order valence-corrected chi connectivity index (χ4v) is 2.69. The molecule has 0 fully saturated rings. The quantitative estimate of drug-likeness (QED) is 0.424. The Morgan fingerprint density at radius 3 is 2.55 bits per heavy atom. The maximum Gasteiger partial charge on any atom is 0.337 e. The predicted octanol–water partition coefficient (Wildman–Crippen LogP) is 1.73. The number of esters is 1. The Morgan fingerprint density at radius 1 is 1.35 bits per heavy atom. The molecule has 0 aromatic rings. The van der Waals surface area contributed by atoms with Crippen LogP contribution in [0, 0.1) is 5.92 Å². The molecule has 6 heteroatoms. The minimum absolute atomic E-state index is 0.0891. The van der Waals surface area contributed by atoms with Gasteiger partial charge in [0, 0.05) is 12.8 Å². The van der Waals surface area contributed by atoms with Crippen LogP contribution in [0.1, 0.15) is 33.6 Å². The first-order chi connectivity index (χ1) is 9.54. The number of methoxy groups -OCH3 is 1. The van der Waals surface area contributed by atoms with Crippen molar-refractivity contribution in [2.24, 2.45) is 5.92 Å². The second-order valence-corrected chi connectivity index (χ2v) is 5.23. The Hall–Kier alpha value is -1.14. The molecule has 0 aromatic carbocycles. The Kier molecular flexibility index (Phi) is 6.95. The van der Waals surface area contributed by atoms with Gasteiger partial charge in [0.05, 0.1) is 18.2 Å². The van der Waals surface area contributed by atoms with Gasteiger partial charge in [0.2, 0.25) is 0 Å². The van der Waals surface area contributed by atoms with Crippen LogP contribution in [0.15, 0.2) is 11.3 Å². The Labute approximate surface area is 126 Å². The monoisotopic (exact) mass is 300 g/mol. The number of hydrogen-bond acceptors (Lipinski definition) is 4. The number of ether oxygens (including phenoxy) is 2. The van der Waals surface area contributed by atoms with Crippen molar-refractivity contribution in [3.05, 3.63) is 11.3 Å². The minimum Gasteiger partial charge on any atom is -0.460 e. The molecule has 0 spiro atoms. The van der Waals surface area contributed by atoms with Gasteiger partial charge in [0.1, 0.15) is 6.61 Å². The summed E-state index contributed by atoms with van der Waals surface area (Å²) in [5.74, 6) is 0.0360. The highest BCUT2D eigenvalue weighted by Gasteiger charge is 2.33. The van der Waals surface area contributed by atoms with Gasteiger partial charge < -0.3 is 20.1 Å². The number of hydrogen-bond donors (Lipinski definition) is 2. The van der Waals surface area contributed by atoms with Crippen LogP contribution in [-0.2, 0) is 14.3 Å². The number of carbonyl (C=O) groups excluding carboxylic acids is 1. The van der Waals surface area contributed by atoms with Crippen LogP contribution >= 0.6 is 12.2 Å². The van der Waals surface area contributed by atoms with Gasteiger partial charge in [-0.1, -0.05) is 26.7 Å². The van der Waals surface area contributed by atoms with Crippen molar-refractivity contribution in [3.63, 3.8) is 0 Å². The highest BCUT2D eigenvalue weighted by Crippen LogP contribution is 2.24. The van der Waals surface area contributed by atoms with Gasteiger partial charge >= 0.3 is 5.97 Å². The van der Waals surface area contributed by atoms with E-state index in [1.54, 1.807) is 7.11 Å². The van der Waals surface area contributed by atoms with Crippen molar-refractivity contribution in [1.29, 1.82) is 0 Å². The van der Waals surface area contributed by atoms with E-state index in [1.165, 1.54) is 0 Å². The van der Waals surface area contributed by atoms with E-state index in [-0.39, 0.29) is 18.6 Å². The number of nitrogens with one attached hydrogen (secondary N) is 2. The number of thiocarbonyl (C=S) groups is 1. The third-order valence-electron chi connectivity index (χ3n) is 3.56. The molecule has 0 saturated carbocycles. The Morgan fingerprint density at radius 2 is 2.00 bits per heavy atom. The van der Waals surface area contributed by atoms with E-state index in [1.807, 2.05) is 6.92 Å². The summed E-state index contributed by atoms with van der Waals surface area (Å²) < 4.78 is 10.1. The van der Waals surface area contributed by atoms with Crippen molar-refractivity contribution in [3.8, 4) is 0 Å². The highest BCUT2D eigenvalue weighted by atomic mass is 32.1. The van der Waals surface area contributed by atoms with Crippen LogP contribution in [0.25, 0.3) is 0 Å². The lowest BCUT2D eigenvalue weighted by atomic mass is 9.87. The van der Waals surface area contributed by atoms with E-state index in [0.29, 0.717) is 23.2 Å². The topological polar surface area (TPSA) is 59.6 Å². The van der Waals surface area contributed by atoms with Gasteiger partial charge in [-0.25, -0.2) is 4.79 Å². The molecule has 0 amide bonds. The lowest BCUT2D eigenvalue weighted by Gasteiger charge is -2.34. The van der Waals surface area contributed by atoms with Crippen molar-refractivity contribution < 1.29 is 14.3 Å². The summed E-state index contributed by atoms with van der Waals surface area (Å²) >= 11 is 5.19. The summed E-state index contributed by atoms with van der Waals surface area (Å²) in [5, 5.41) is 6.76. The average molecular weight is 300 g/mol. The second kappa shape index (κ2) is 8.21. The zero-order valence-corrected chi connectivity index (χ0v) is 13.4. The molecule has 1 rings (SSSR count). The third-order valence-corrected chi connectivity index (χ3v) is 3.78. The summed E-state index contributed by atoms with van der Waals surface area (Å²) in [6.07, 6.45) is 1.94. The molecule has 114 valence electrons. The van der Waals surface area contributed by atoms with E-state index >= 15 is 0 Å². The van der Waals surface area contributed by atoms with Gasteiger partial charge in [0.25, 0.3) is 0 Å². The van der Waals surface area contributed by atoms with Crippen LogP contribution in [0.3, 0.4) is 0 Å². The molecule has 0 bridgehead atoms. The molecule has 1 heterocycles. The zero-order valence-electron chi connectivity index (χ0n) is 12.6. The van der Waals surface area contributed by atoms with Gasteiger partial charge in [-0.2, -0.15) is 0 Å². The minimum atomic E-state index is -0.307. The van der Waals surface area contributed by atoms with E-state index in [2.05, 4.69) is 24.5 Å². The molecule has 1 aliphatic rings. The summed E-state index contributed by atoms with van der Waals surface area (Å²) in [6.45, 7) is 6.74. The molecular weight excluding hydrogens is 276 g/mol. The maximum absolute atomic E-state index is 12.3. The fourth-order valence-electron chi connectivity index (χ4n) is 2.41. The average Bonchev–Trinajstić information content (AvgIpc) is 2.39. The van der Waals surface area contributed by atoms with Crippen molar-refractivity contribution in [1.82, 2.24) is 10.6 Å². The van der Waals surface area contributed by atoms with Crippen LogP contribution in [0.4, 0.5) is 0 Å². The molecule has 2 N–H and O–H groups in total. The van der Waals surface area contributed by atoms with E-state index in [9.17, 15) is 4.79 Å². The van der Waals surface area contributed by atoms with Gasteiger partial charge in [-0.15, -0.1) is 0 Å². The summed E-state index contributed by atoms with van der Waals surface area (Å²) in [4.78, 5) is 12.3. The molecular formula is C14H24N2O3S. The molecule has 1 aliphatic heterocycles. The first-order valence-electron chi connectivity index (χ1n) is 6.99. The molecule has 20 heavy (non-hydrogen) atoms. The first kappa shape index (κ1) is 16.9. The first-order valence-corrected chi connectivity index (χ1v) is 7.40. The van der Waals surface area contributed by atoms with Crippen LogP contribution in [0.2, 0.25) is 0 Å². The Balaban J connectivity index is 2.92. The van der Waals surface area contributed by atoms with Crippen LogP contribution in [0.5, 0.6) is 0 Å². The Bertz CT molecular complexity index is 392. The van der Waals surface area contributed by atoms with Gasteiger partial charge in [-0.3, -0.25) is 0 Å². The third kappa shape index (κ3) is 4.18. The van der Waals surface area contributed by atoms with Gasteiger partial charge in [-0.05, 0) is 25.1 Å². The highest BCUT2D eigenvalue weighted by molar-refractivity contribution is 7.80. The molecule has 0 aliphatic carbocycles. The SMILES string of the molecule is CCC(CC)C1NC(=S)NC(C)=C1C(=O)OCCOC. The van der Waals surface area contributed by atoms with E-state index < -0.39 is 0 Å². The second-order valence-electron chi connectivity index (χ2n) is 4.82. The standard InChI is InChI=1S/C14H24N2O3S/c1-5-10(6-2)12-11(9(3)15-14(20)16-12)13(17)19-8-7-18-4/h10,12H,5-8H2,1-4H3,(H2,15,16,20).